The Morgan fingerprint density at radius 2 is 2.05 bits per heavy atom. The summed E-state index contributed by atoms with van der Waals surface area (Å²) in [5, 5.41) is 3.68. The van der Waals surface area contributed by atoms with E-state index in [0.717, 1.165) is 18.8 Å². The molecule has 6 nitrogen and oxygen atoms in total. The monoisotopic (exact) mass is 293 g/mol. The molecule has 0 saturated carbocycles. The van der Waals surface area contributed by atoms with Gasteiger partial charge in [-0.1, -0.05) is 11.8 Å². The van der Waals surface area contributed by atoms with Gasteiger partial charge < -0.3 is 14.6 Å². The second-order valence-electron chi connectivity index (χ2n) is 4.03. The summed E-state index contributed by atoms with van der Waals surface area (Å²) in [6, 6.07) is 3.82. The van der Waals surface area contributed by atoms with Crippen LogP contribution in [0.1, 0.15) is 19.6 Å². The van der Waals surface area contributed by atoms with Crippen LogP contribution in [0, 0.1) is 0 Å². The third-order valence-corrected chi connectivity index (χ3v) is 3.67. The Bertz CT molecular complexity index is 528. The van der Waals surface area contributed by atoms with E-state index in [4.69, 9.17) is 4.42 Å². The zero-order valence-electron chi connectivity index (χ0n) is 12.0. The smallest absolute Gasteiger partial charge is 0.231 e. The predicted molar refractivity (Wildman–Crippen MR) is 81.2 cm³/mol. The fourth-order valence-electron chi connectivity index (χ4n) is 1.70. The minimum absolute atomic E-state index is 0.587. The van der Waals surface area contributed by atoms with E-state index in [9.17, 15) is 0 Å². The SMILES string of the molecule is CCN(CC)c1nc(NC)nc(SCc2ccco2)n1. The standard InChI is InChI=1S/C13H19N5OS/c1-4-18(5-2)12-15-11(14-3)16-13(17-12)20-9-10-7-6-8-19-10/h6-8H,4-5,9H2,1-3H3,(H,14,15,16,17). The zero-order valence-corrected chi connectivity index (χ0v) is 12.8. The lowest BCUT2D eigenvalue weighted by atomic mass is 10.5. The minimum Gasteiger partial charge on any atom is -0.468 e. The van der Waals surface area contributed by atoms with Gasteiger partial charge in [0.25, 0.3) is 0 Å². The fourth-order valence-corrected chi connectivity index (χ4v) is 2.43. The van der Waals surface area contributed by atoms with Crippen LogP contribution in [0.15, 0.2) is 28.0 Å². The Morgan fingerprint density at radius 1 is 1.25 bits per heavy atom. The number of hydrogen-bond acceptors (Lipinski definition) is 7. The summed E-state index contributed by atoms with van der Waals surface area (Å²) in [7, 11) is 1.81. The highest BCUT2D eigenvalue weighted by molar-refractivity contribution is 7.98. The van der Waals surface area contributed by atoms with Crippen molar-refractivity contribution in [1.82, 2.24) is 15.0 Å². The summed E-state index contributed by atoms with van der Waals surface area (Å²) in [6.45, 7) is 5.90. The molecule has 2 heterocycles. The third-order valence-electron chi connectivity index (χ3n) is 2.80. The first-order valence-corrected chi connectivity index (χ1v) is 7.59. The predicted octanol–water partition coefficient (Wildman–Crippen LogP) is 2.64. The molecule has 1 N–H and O–H groups in total. The van der Waals surface area contributed by atoms with Crippen LogP contribution in [0.2, 0.25) is 0 Å². The molecule has 0 fully saturated rings. The molecule has 0 spiro atoms. The van der Waals surface area contributed by atoms with Crippen LogP contribution >= 0.6 is 11.8 Å². The average Bonchev–Trinajstić information content (AvgIpc) is 2.99. The molecule has 0 bridgehead atoms. The first kappa shape index (κ1) is 14.6. The maximum absolute atomic E-state index is 5.31. The number of rotatable bonds is 7. The van der Waals surface area contributed by atoms with E-state index in [1.165, 1.54) is 11.8 Å². The Hall–Kier alpha value is -1.76. The van der Waals surface area contributed by atoms with Crippen molar-refractivity contribution in [1.29, 1.82) is 0 Å². The first-order chi connectivity index (χ1) is 9.76. The number of aromatic nitrogens is 3. The normalized spacial score (nSPS) is 10.6. The van der Waals surface area contributed by atoms with E-state index in [2.05, 4.69) is 39.0 Å². The van der Waals surface area contributed by atoms with Gasteiger partial charge in [-0.3, -0.25) is 0 Å². The van der Waals surface area contributed by atoms with Crippen LogP contribution in [0.3, 0.4) is 0 Å². The van der Waals surface area contributed by atoms with Gasteiger partial charge in [-0.25, -0.2) is 0 Å². The quantitative estimate of drug-likeness (QED) is 0.787. The van der Waals surface area contributed by atoms with E-state index in [1.807, 2.05) is 19.2 Å². The summed E-state index contributed by atoms with van der Waals surface area (Å²) < 4.78 is 5.31. The number of hydrogen-bond donors (Lipinski definition) is 1. The molecule has 2 aromatic rings. The maximum Gasteiger partial charge on any atom is 0.231 e. The summed E-state index contributed by atoms with van der Waals surface area (Å²) in [4.78, 5) is 15.4. The Kier molecular flexibility index (Phi) is 5.23. The highest BCUT2D eigenvalue weighted by Gasteiger charge is 2.11. The zero-order chi connectivity index (χ0) is 14.4. The van der Waals surface area contributed by atoms with Crippen molar-refractivity contribution in [3.63, 3.8) is 0 Å². The lowest BCUT2D eigenvalue weighted by Crippen LogP contribution is -2.25. The van der Waals surface area contributed by atoms with E-state index in [-0.39, 0.29) is 0 Å². The summed E-state index contributed by atoms with van der Waals surface area (Å²) in [5.74, 6) is 2.91. The van der Waals surface area contributed by atoms with Gasteiger partial charge in [-0.05, 0) is 26.0 Å². The Labute approximate surface area is 123 Å². The van der Waals surface area contributed by atoms with E-state index in [0.29, 0.717) is 22.8 Å². The minimum atomic E-state index is 0.587. The van der Waals surface area contributed by atoms with Crippen molar-refractivity contribution in [3.8, 4) is 0 Å². The topological polar surface area (TPSA) is 67.1 Å². The fraction of sp³-hybridized carbons (Fsp3) is 0.462. The van der Waals surface area contributed by atoms with Crippen molar-refractivity contribution < 1.29 is 4.42 Å². The van der Waals surface area contributed by atoms with Crippen molar-refractivity contribution in [2.75, 3.05) is 30.4 Å². The largest absolute Gasteiger partial charge is 0.468 e. The molecule has 0 aromatic carbocycles. The van der Waals surface area contributed by atoms with Gasteiger partial charge in [0.1, 0.15) is 5.76 Å². The molecule has 2 aromatic heterocycles. The van der Waals surface area contributed by atoms with Crippen molar-refractivity contribution in [2.45, 2.75) is 24.8 Å². The lowest BCUT2D eigenvalue weighted by molar-refractivity contribution is 0.530. The molecule has 0 saturated heterocycles. The number of nitrogens with one attached hydrogen (secondary N) is 1. The summed E-state index contributed by atoms with van der Waals surface area (Å²) in [5.41, 5.74) is 0. The van der Waals surface area contributed by atoms with Crippen LogP contribution in [-0.2, 0) is 5.75 Å². The molecular formula is C13H19N5OS. The molecule has 0 aliphatic heterocycles. The van der Waals surface area contributed by atoms with E-state index < -0.39 is 0 Å². The molecule has 20 heavy (non-hydrogen) atoms. The van der Waals surface area contributed by atoms with Crippen molar-refractivity contribution >= 4 is 23.7 Å². The lowest BCUT2D eigenvalue weighted by Gasteiger charge is -2.19. The van der Waals surface area contributed by atoms with Gasteiger partial charge >= 0.3 is 0 Å². The first-order valence-electron chi connectivity index (χ1n) is 6.60. The Morgan fingerprint density at radius 3 is 2.65 bits per heavy atom. The van der Waals surface area contributed by atoms with Gasteiger partial charge in [0.15, 0.2) is 5.16 Å². The van der Waals surface area contributed by atoms with Crippen LogP contribution < -0.4 is 10.2 Å². The molecule has 0 amide bonds. The molecule has 0 aliphatic carbocycles. The second-order valence-corrected chi connectivity index (χ2v) is 4.97. The van der Waals surface area contributed by atoms with E-state index >= 15 is 0 Å². The van der Waals surface area contributed by atoms with E-state index in [1.54, 1.807) is 6.26 Å². The van der Waals surface area contributed by atoms with Gasteiger partial charge in [-0.15, -0.1) is 0 Å². The third kappa shape index (κ3) is 3.63. The molecule has 7 heteroatoms. The molecule has 2 rings (SSSR count). The molecular weight excluding hydrogens is 274 g/mol. The number of furan rings is 1. The van der Waals surface area contributed by atoms with Gasteiger partial charge in [0.2, 0.25) is 11.9 Å². The molecule has 0 radical (unpaired) electrons. The second kappa shape index (κ2) is 7.14. The van der Waals surface area contributed by atoms with Crippen molar-refractivity contribution in [3.05, 3.63) is 24.2 Å². The molecule has 108 valence electrons. The average molecular weight is 293 g/mol. The number of nitrogens with zero attached hydrogens (tertiary/aromatic N) is 4. The van der Waals surface area contributed by atoms with Crippen LogP contribution in [-0.4, -0.2) is 35.1 Å². The van der Waals surface area contributed by atoms with Crippen molar-refractivity contribution in [2.24, 2.45) is 0 Å². The Balaban J connectivity index is 2.16. The van der Waals surface area contributed by atoms with Crippen LogP contribution in [0.5, 0.6) is 0 Å². The van der Waals surface area contributed by atoms with Crippen LogP contribution in [0.4, 0.5) is 11.9 Å². The van der Waals surface area contributed by atoms with Gasteiger partial charge in [0, 0.05) is 20.1 Å². The maximum atomic E-state index is 5.31. The highest BCUT2D eigenvalue weighted by atomic mass is 32.2. The number of anilines is 2. The molecule has 0 unspecified atom stereocenters. The summed E-state index contributed by atoms with van der Waals surface area (Å²) >= 11 is 1.54. The molecule has 0 atom stereocenters. The summed E-state index contributed by atoms with van der Waals surface area (Å²) in [6.07, 6.45) is 1.67. The number of thioether (sulfide) groups is 1. The van der Waals surface area contributed by atoms with Gasteiger partial charge in [-0.2, -0.15) is 15.0 Å². The molecule has 0 aliphatic rings. The van der Waals surface area contributed by atoms with Gasteiger partial charge in [0.05, 0.1) is 12.0 Å². The highest BCUT2D eigenvalue weighted by Crippen LogP contribution is 2.22. The van der Waals surface area contributed by atoms with Crippen LogP contribution in [0.25, 0.3) is 0 Å².